The molecule has 2 rings (SSSR count). The van der Waals surface area contributed by atoms with Gasteiger partial charge in [0.1, 0.15) is 17.5 Å². The van der Waals surface area contributed by atoms with Crippen molar-refractivity contribution in [3.63, 3.8) is 0 Å². The van der Waals surface area contributed by atoms with Crippen LogP contribution >= 0.6 is 0 Å². The molecule has 0 fully saturated rings. The highest BCUT2D eigenvalue weighted by atomic mass is 16.5. The predicted octanol–water partition coefficient (Wildman–Crippen LogP) is 0.822. The molecule has 80 valence electrons. The number of methoxy groups -OCH3 is 1. The summed E-state index contributed by atoms with van der Waals surface area (Å²) in [6, 6.07) is 2.41. The lowest BCUT2D eigenvalue weighted by Gasteiger charge is -2.08. The van der Waals surface area contributed by atoms with E-state index in [0.29, 0.717) is 17.0 Å². The molecular formula is C10H11NO4. The Morgan fingerprint density at radius 2 is 2.33 bits per heavy atom. The number of anilines is 1. The van der Waals surface area contributed by atoms with Gasteiger partial charge in [-0.25, -0.2) is 4.79 Å². The standard InChI is InChI=1S/C10H11NO4/c1-15-8-3-2-7(12)5-4-6(10(13)14)11-9(5)8/h2-3,6,11-12H,4H2,1H3,(H,13,14). The molecule has 0 amide bonds. The Morgan fingerprint density at radius 1 is 1.60 bits per heavy atom. The van der Waals surface area contributed by atoms with Crippen LogP contribution in [0, 0.1) is 0 Å². The molecule has 1 unspecified atom stereocenters. The Labute approximate surface area is 86.3 Å². The zero-order valence-corrected chi connectivity index (χ0v) is 8.15. The van der Waals surface area contributed by atoms with Gasteiger partial charge in [-0.05, 0) is 12.1 Å². The first-order chi connectivity index (χ1) is 7.13. The first-order valence-corrected chi connectivity index (χ1v) is 4.51. The van der Waals surface area contributed by atoms with Crippen LogP contribution in [0.15, 0.2) is 12.1 Å². The van der Waals surface area contributed by atoms with Crippen molar-refractivity contribution in [2.24, 2.45) is 0 Å². The predicted molar refractivity (Wildman–Crippen MR) is 53.4 cm³/mol. The van der Waals surface area contributed by atoms with E-state index in [-0.39, 0.29) is 12.2 Å². The number of fused-ring (bicyclic) bond motifs is 1. The summed E-state index contributed by atoms with van der Waals surface area (Å²) in [6.07, 6.45) is 0.272. The monoisotopic (exact) mass is 209 g/mol. The number of aromatic hydroxyl groups is 1. The first-order valence-electron chi connectivity index (χ1n) is 4.51. The number of carboxylic acids is 1. The van der Waals surface area contributed by atoms with Gasteiger partial charge < -0.3 is 20.3 Å². The summed E-state index contributed by atoms with van der Waals surface area (Å²) in [5.74, 6) is -0.291. The van der Waals surface area contributed by atoms with E-state index in [0.717, 1.165) is 0 Å². The van der Waals surface area contributed by atoms with Crippen LogP contribution in [0.5, 0.6) is 11.5 Å². The second-order valence-corrected chi connectivity index (χ2v) is 3.38. The number of phenolic OH excluding ortho intramolecular Hbond substituents is 1. The zero-order chi connectivity index (χ0) is 11.0. The fourth-order valence-electron chi connectivity index (χ4n) is 1.73. The number of rotatable bonds is 2. The summed E-state index contributed by atoms with van der Waals surface area (Å²) in [5, 5.41) is 21.2. The Bertz CT molecular complexity index is 416. The van der Waals surface area contributed by atoms with Crippen molar-refractivity contribution in [2.45, 2.75) is 12.5 Å². The number of hydrogen-bond acceptors (Lipinski definition) is 4. The molecule has 1 aromatic carbocycles. The maximum atomic E-state index is 10.8. The molecule has 15 heavy (non-hydrogen) atoms. The van der Waals surface area contributed by atoms with Gasteiger partial charge in [-0.15, -0.1) is 0 Å². The number of carboxylic acid groups (broad SMARTS) is 1. The minimum atomic E-state index is -0.937. The lowest BCUT2D eigenvalue weighted by atomic mass is 10.1. The van der Waals surface area contributed by atoms with E-state index in [1.54, 1.807) is 6.07 Å². The van der Waals surface area contributed by atoms with E-state index in [4.69, 9.17) is 9.84 Å². The number of nitrogens with one attached hydrogen (secondary N) is 1. The van der Waals surface area contributed by atoms with Gasteiger partial charge in [0.15, 0.2) is 0 Å². The Kier molecular flexibility index (Phi) is 2.15. The van der Waals surface area contributed by atoms with Crippen molar-refractivity contribution in [3.8, 4) is 11.5 Å². The highest BCUT2D eigenvalue weighted by molar-refractivity contribution is 5.84. The molecule has 0 saturated heterocycles. The molecule has 0 bridgehead atoms. The van der Waals surface area contributed by atoms with Crippen LogP contribution in [-0.2, 0) is 11.2 Å². The summed E-state index contributed by atoms with van der Waals surface area (Å²) in [4.78, 5) is 10.8. The smallest absolute Gasteiger partial charge is 0.326 e. The van der Waals surface area contributed by atoms with E-state index < -0.39 is 12.0 Å². The lowest BCUT2D eigenvalue weighted by Crippen LogP contribution is -2.26. The van der Waals surface area contributed by atoms with Crippen LogP contribution in [0.25, 0.3) is 0 Å². The molecule has 0 aliphatic carbocycles. The van der Waals surface area contributed by atoms with Gasteiger partial charge >= 0.3 is 5.97 Å². The summed E-state index contributed by atoms with van der Waals surface area (Å²) >= 11 is 0. The van der Waals surface area contributed by atoms with Gasteiger partial charge in [-0.2, -0.15) is 0 Å². The third kappa shape index (κ3) is 1.45. The molecule has 1 aromatic rings. The molecule has 1 aliphatic rings. The van der Waals surface area contributed by atoms with Crippen LogP contribution in [0.2, 0.25) is 0 Å². The molecule has 0 saturated carbocycles. The molecule has 0 aromatic heterocycles. The molecule has 1 heterocycles. The maximum absolute atomic E-state index is 10.8. The third-order valence-electron chi connectivity index (χ3n) is 2.49. The highest BCUT2D eigenvalue weighted by Crippen LogP contribution is 2.40. The van der Waals surface area contributed by atoms with E-state index in [2.05, 4.69) is 5.32 Å². The van der Waals surface area contributed by atoms with Crippen LogP contribution < -0.4 is 10.1 Å². The summed E-state index contributed by atoms with van der Waals surface area (Å²) < 4.78 is 5.07. The molecule has 0 spiro atoms. The van der Waals surface area contributed by atoms with Crippen molar-refractivity contribution in [1.82, 2.24) is 0 Å². The van der Waals surface area contributed by atoms with Gasteiger partial charge in [-0.1, -0.05) is 0 Å². The minimum Gasteiger partial charge on any atom is -0.508 e. The SMILES string of the molecule is COc1ccc(O)c2c1NC(C(=O)O)C2. The number of hydrogen-bond donors (Lipinski definition) is 3. The van der Waals surface area contributed by atoms with Crippen LogP contribution in [-0.4, -0.2) is 29.3 Å². The number of benzene rings is 1. The quantitative estimate of drug-likeness (QED) is 0.672. The maximum Gasteiger partial charge on any atom is 0.326 e. The van der Waals surface area contributed by atoms with E-state index in [9.17, 15) is 9.90 Å². The molecule has 5 heteroatoms. The summed E-state index contributed by atoms with van der Waals surface area (Å²) in [7, 11) is 1.50. The summed E-state index contributed by atoms with van der Waals surface area (Å²) in [5.41, 5.74) is 1.17. The first kappa shape index (κ1) is 9.64. The van der Waals surface area contributed by atoms with Crippen LogP contribution in [0.1, 0.15) is 5.56 Å². The molecular weight excluding hydrogens is 198 g/mol. The van der Waals surface area contributed by atoms with Crippen molar-refractivity contribution < 1.29 is 19.7 Å². The third-order valence-corrected chi connectivity index (χ3v) is 2.49. The normalized spacial score (nSPS) is 18.1. The van der Waals surface area contributed by atoms with Crippen molar-refractivity contribution in [2.75, 3.05) is 12.4 Å². The van der Waals surface area contributed by atoms with Gasteiger partial charge in [0.2, 0.25) is 0 Å². The van der Waals surface area contributed by atoms with Gasteiger partial charge in [0.05, 0.1) is 12.8 Å². The van der Waals surface area contributed by atoms with E-state index >= 15 is 0 Å². The topological polar surface area (TPSA) is 78.8 Å². The average molecular weight is 209 g/mol. The molecule has 3 N–H and O–H groups in total. The Morgan fingerprint density at radius 3 is 2.93 bits per heavy atom. The van der Waals surface area contributed by atoms with E-state index in [1.165, 1.54) is 13.2 Å². The number of ether oxygens (including phenoxy) is 1. The minimum absolute atomic E-state index is 0.0991. The Hall–Kier alpha value is -1.91. The number of phenols is 1. The molecule has 1 atom stereocenters. The lowest BCUT2D eigenvalue weighted by molar-refractivity contribution is -0.137. The van der Waals surface area contributed by atoms with E-state index in [1.807, 2.05) is 0 Å². The molecule has 1 aliphatic heterocycles. The fourth-order valence-corrected chi connectivity index (χ4v) is 1.73. The van der Waals surface area contributed by atoms with Crippen LogP contribution in [0.3, 0.4) is 0 Å². The second kappa shape index (κ2) is 3.34. The number of carbonyl (C=O) groups is 1. The van der Waals surface area contributed by atoms with Crippen molar-refractivity contribution >= 4 is 11.7 Å². The van der Waals surface area contributed by atoms with Crippen LogP contribution in [0.4, 0.5) is 5.69 Å². The average Bonchev–Trinajstić information content (AvgIpc) is 2.64. The fraction of sp³-hybridized carbons (Fsp3) is 0.300. The number of aliphatic carboxylic acids is 1. The molecule has 5 nitrogen and oxygen atoms in total. The molecule has 0 radical (unpaired) electrons. The highest BCUT2D eigenvalue weighted by Gasteiger charge is 2.30. The van der Waals surface area contributed by atoms with Gasteiger partial charge in [-0.3, -0.25) is 0 Å². The van der Waals surface area contributed by atoms with Gasteiger partial charge in [0.25, 0.3) is 0 Å². The summed E-state index contributed by atoms with van der Waals surface area (Å²) in [6.45, 7) is 0. The Balaban J connectivity index is 2.43. The van der Waals surface area contributed by atoms with Gasteiger partial charge in [0, 0.05) is 12.0 Å². The second-order valence-electron chi connectivity index (χ2n) is 3.38. The largest absolute Gasteiger partial charge is 0.508 e. The zero-order valence-electron chi connectivity index (χ0n) is 8.15. The van der Waals surface area contributed by atoms with Crippen molar-refractivity contribution in [1.29, 1.82) is 0 Å². The van der Waals surface area contributed by atoms with Crippen molar-refractivity contribution in [3.05, 3.63) is 17.7 Å².